The molecule has 4 rings (SSSR count). The van der Waals surface area contributed by atoms with E-state index in [-0.39, 0.29) is 12.5 Å². The molecule has 0 radical (unpaired) electrons. The van der Waals surface area contributed by atoms with Crippen molar-refractivity contribution < 1.29 is 14.9 Å². The maximum Gasteiger partial charge on any atom is 0.169 e. The van der Waals surface area contributed by atoms with Gasteiger partial charge in [0.15, 0.2) is 5.79 Å². The summed E-state index contributed by atoms with van der Waals surface area (Å²) in [4.78, 5) is 0. The van der Waals surface area contributed by atoms with E-state index in [0.717, 1.165) is 19.3 Å². The van der Waals surface area contributed by atoms with Gasteiger partial charge in [-0.25, -0.2) is 0 Å². The smallest absolute Gasteiger partial charge is 0.169 e. The van der Waals surface area contributed by atoms with E-state index >= 15 is 0 Å². The molecule has 4 bridgehead atoms. The lowest BCUT2D eigenvalue weighted by Crippen LogP contribution is -2.66. The Morgan fingerprint density at radius 2 is 2.14 bits per heavy atom. The first-order valence-electron chi connectivity index (χ1n) is 5.60. The van der Waals surface area contributed by atoms with Gasteiger partial charge in [-0.15, -0.1) is 0 Å². The Balaban J connectivity index is 1.98. The molecule has 80 valence electrons. The van der Waals surface area contributed by atoms with Gasteiger partial charge < -0.3 is 14.9 Å². The second-order valence-corrected chi connectivity index (χ2v) is 5.55. The molecular weight excluding hydrogens is 180 g/mol. The van der Waals surface area contributed by atoms with E-state index in [1.54, 1.807) is 0 Å². The van der Waals surface area contributed by atoms with Crippen LogP contribution in [-0.2, 0) is 4.74 Å². The number of aliphatic hydroxyl groups is 2. The number of rotatable bonds is 1. The zero-order valence-electron chi connectivity index (χ0n) is 8.57. The van der Waals surface area contributed by atoms with Gasteiger partial charge in [-0.05, 0) is 31.1 Å². The zero-order valence-corrected chi connectivity index (χ0v) is 8.57. The molecule has 0 aromatic rings. The highest BCUT2D eigenvalue weighted by atomic mass is 16.6. The van der Waals surface area contributed by atoms with Gasteiger partial charge in [0.2, 0.25) is 0 Å². The highest BCUT2D eigenvalue weighted by Gasteiger charge is 2.61. The largest absolute Gasteiger partial charge is 0.393 e. The summed E-state index contributed by atoms with van der Waals surface area (Å²) >= 11 is 0. The van der Waals surface area contributed by atoms with Crippen LogP contribution in [0.15, 0.2) is 0 Å². The maximum atomic E-state index is 10.3. The normalized spacial score (nSPS) is 60.6. The molecule has 2 aliphatic carbocycles. The number of ether oxygens (including phenoxy) is 1. The SMILES string of the molecule is CC1C2CC3CC(CO)(C2)OC1(O)C3. The second kappa shape index (κ2) is 2.52. The third-order valence-electron chi connectivity index (χ3n) is 4.61. The van der Waals surface area contributed by atoms with Crippen molar-refractivity contribution in [2.24, 2.45) is 17.8 Å². The first-order valence-corrected chi connectivity index (χ1v) is 5.60. The Morgan fingerprint density at radius 1 is 1.36 bits per heavy atom. The van der Waals surface area contributed by atoms with Crippen LogP contribution in [0.2, 0.25) is 0 Å². The second-order valence-electron chi connectivity index (χ2n) is 5.55. The van der Waals surface area contributed by atoms with Crippen LogP contribution in [-0.4, -0.2) is 28.2 Å². The van der Waals surface area contributed by atoms with E-state index < -0.39 is 11.4 Å². The molecular formula is C11H18O3. The summed E-state index contributed by atoms with van der Waals surface area (Å²) in [6.07, 6.45) is 3.86. The van der Waals surface area contributed by atoms with Crippen LogP contribution >= 0.6 is 0 Å². The third kappa shape index (κ3) is 0.980. The van der Waals surface area contributed by atoms with Crippen molar-refractivity contribution in [3.8, 4) is 0 Å². The van der Waals surface area contributed by atoms with Crippen molar-refractivity contribution in [2.45, 2.75) is 44.0 Å². The monoisotopic (exact) mass is 198 g/mol. The highest BCUT2D eigenvalue weighted by molar-refractivity contribution is 5.06. The highest BCUT2D eigenvalue weighted by Crippen LogP contribution is 2.58. The summed E-state index contributed by atoms with van der Waals surface area (Å²) in [6.45, 7) is 2.14. The Morgan fingerprint density at radius 3 is 2.79 bits per heavy atom. The Kier molecular flexibility index (Phi) is 1.64. The van der Waals surface area contributed by atoms with E-state index in [1.807, 2.05) is 0 Å². The summed E-state index contributed by atoms with van der Waals surface area (Å²) in [7, 11) is 0. The van der Waals surface area contributed by atoms with Crippen LogP contribution in [0.3, 0.4) is 0 Å². The van der Waals surface area contributed by atoms with Gasteiger partial charge >= 0.3 is 0 Å². The fraction of sp³-hybridized carbons (Fsp3) is 1.00. The average Bonchev–Trinajstić information content (AvgIpc) is 2.12. The fourth-order valence-electron chi connectivity index (χ4n) is 3.94. The number of hydrogen-bond acceptors (Lipinski definition) is 3. The zero-order chi connectivity index (χ0) is 9.97. The summed E-state index contributed by atoms with van der Waals surface area (Å²) < 4.78 is 5.77. The average molecular weight is 198 g/mol. The minimum Gasteiger partial charge on any atom is -0.393 e. The molecule has 3 nitrogen and oxygen atoms in total. The molecule has 5 atom stereocenters. The summed E-state index contributed by atoms with van der Waals surface area (Å²) in [5.74, 6) is 0.412. The van der Waals surface area contributed by atoms with Gasteiger partial charge in [0, 0.05) is 12.3 Å². The molecule has 0 spiro atoms. The van der Waals surface area contributed by atoms with Crippen LogP contribution < -0.4 is 0 Å². The van der Waals surface area contributed by atoms with Crippen molar-refractivity contribution >= 4 is 0 Å². The molecule has 3 heteroatoms. The minimum absolute atomic E-state index is 0.0645. The van der Waals surface area contributed by atoms with Crippen molar-refractivity contribution in [2.75, 3.05) is 6.61 Å². The molecule has 4 aliphatic rings. The number of aliphatic hydroxyl groups excluding tert-OH is 1. The Labute approximate surface area is 84.1 Å². The van der Waals surface area contributed by atoms with Gasteiger partial charge in [-0.2, -0.15) is 0 Å². The molecule has 2 N–H and O–H groups in total. The van der Waals surface area contributed by atoms with E-state index in [4.69, 9.17) is 4.74 Å². The third-order valence-corrected chi connectivity index (χ3v) is 4.61. The van der Waals surface area contributed by atoms with Gasteiger partial charge in [-0.1, -0.05) is 6.92 Å². The summed E-state index contributed by atoms with van der Waals surface area (Å²) in [6, 6.07) is 0. The predicted molar refractivity (Wildman–Crippen MR) is 50.5 cm³/mol. The molecule has 2 saturated heterocycles. The van der Waals surface area contributed by atoms with Crippen LogP contribution in [0.1, 0.15) is 32.6 Å². The molecule has 4 fully saturated rings. The molecule has 0 aromatic heterocycles. The van der Waals surface area contributed by atoms with Crippen LogP contribution in [0, 0.1) is 17.8 Å². The van der Waals surface area contributed by atoms with Gasteiger partial charge in [0.05, 0.1) is 12.2 Å². The van der Waals surface area contributed by atoms with Crippen molar-refractivity contribution in [1.82, 2.24) is 0 Å². The summed E-state index contributed by atoms with van der Waals surface area (Å²) in [5, 5.41) is 19.7. The van der Waals surface area contributed by atoms with Gasteiger partial charge in [0.1, 0.15) is 0 Å². The van der Waals surface area contributed by atoms with E-state index in [2.05, 4.69) is 6.92 Å². The molecule has 2 aliphatic heterocycles. The van der Waals surface area contributed by atoms with Gasteiger partial charge in [-0.3, -0.25) is 0 Å². The lowest BCUT2D eigenvalue weighted by molar-refractivity contribution is -0.384. The van der Waals surface area contributed by atoms with E-state index in [9.17, 15) is 10.2 Å². The predicted octanol–water partition coefficient (Wildman–Crippen LogP) is 0.892. The maximum absolute atomic E-state index is 10.3. The Bertz CT molecular complexity index is 261. The van der Waals surface area contributed by atoms with Crippen LogP contribution in [0.25, 0.3) is 0 Å². The molecule has 0 amide bonds. The topological polar surface area (TPSA) is 49.7 Å². The fourth-order valence-corrected chi connectivity index (χ4v) is 3.94. The molecule has 2 saturated carbocycles. The lowest BCUT2D eigenvalue weighted by atomic mass is 9.57. The quantitative estimate of drug-likeness (QED) is 0.658. The lowest BCUT2D eigenvalue weighted by Gasteiger charge is -2.62. The van der Waals surface area contributed by atoms with Crippen LogP contribution in [0.5, 0.6) is 0 Å². The standard InChI is InChI=1S/C11H18O3/c1-7-9-2-8-3-10(5-9,6-12)14-11(7,13)4-8/h7-9,12-13H,2-6H2,1H3. The Hall–Kier alpha value is -0.120. The summed E-state index contributed by atoms with van der Waals surface area (Å²) in [5.41, 5.74) is -0.410. The van der Waals surface area contributed by atoms with Crippen molar-refractivity contribution in [3.05, 3.63) is 0 Å². The number of hydrogen-bond donors (Lipinski definition) is 2. The molecule has 2 heterocycles. The van der Waals surface area contributed by atoms with E-state index in [1.165, 1.54) is 6.42 Å². The molecule has 5 unspecified atom stereocenters. The minimum atomic E-state index is -0.938. The van der Waals surface area contributed by atoms with Crippen molar-refractivity contribution in [3.63, 3.8) is 0 Å². The molecule has 14 heavy (non-hydrogen) atoms. The molecule has 0 aromatic carbocycles. The van der Waals surface area contributed by atoms with E-state index in [0.29, 0.717) is 11.8 Å². The first kappa shape index (κ1) is 9.13. The van der Waals surface area contributed by atoms with Gasteiger partial charge in [0.25, 0.3) is 0 Å². The first-order chi connectivity index (χ1) is 6.57. The van der Waals surface area contributed by atoms with Crippen LogP contribution in [0.4, 0.5) is 0 Å². The van der Waals surface area contributed by atoms with Crippen molar-refractivity contribution in [1.29, 1.82) is 0 Å².